The van der Waals surface area contributed by atoms with Crippen molar-refractivity contribution in [3.05, 3.63) is 34.1 Å². The number of aliphatic hydroxyl groups is 1. The van der Waals surface area contributed by atoms with Crippen LogP contribution in [-0.2, 0) is 6.42 Å². The van der Waals surface area contributed by atoms with E-state index in [0.717, 1.165) is 10.0 Å². The Morgan fingerprint density at radius 1 is 1.43 bits per heavy atom. The molecule has 1 unspecified atom stereocenters. The summed E-state index contributed by atoms with van der Waals surface area (Å²) in [6.07, 6.45) is 0.0591. The van der Waals surface area contributed by atoms with Crippen molar-refractivity contribution in [2.24, 2.45) is 5.92 Å². The van der Waals surface area contributed by atoms with Gasteiger partial charge < -0.3 is 5.11 Å². The molecule has 1 rings (SSSR count). The first-order chi connectivity index (χ1) is 6.50. The standard InChI is InChI=1S/C11H14BrFO/c1-7(2)11(14)6-8-5-9(13)3-4-10(8)12/h3-5,7,11,14H,6H2,1-2H3. The van der Waals surface area contributed by atoms with Crippen molar-refractivity contribution in [3.63, 3.8) is 0 Å². The molecule has 0 aliphatic carbocycles. The molecule has 0 saturated carbocycles. The lowest BCUT2D eigenvalue weighted by atomic mass is 9.99. The first-order valence-corrected chi connectivity index (χ1v) is 5.42. The summed E-state index contributed by atoms with van der Waals surface area (Å²) >= 11 is 3.33. The third-order valence-electron chi connectivity index (χ3n) is 2.21. The Labute approximate surface area is 92.1 Å². The van der Waals surface area contributed by atoms with Gasteiger partial charge in [0.25, 0.3) is 0 Å². The van der Waals surface area contributed by atoms with E-state index in [0.29, 0.717) is 6.42 Å². The van der Waals surface area contributed by atoms with E-state index >= 15 is 0 Å². The minimum Gasteiger partial charge on any atom is -0.393 e. The van der Waals surface area contributed by atoms with Crippen molar-refractivity contribution < 1.29 is 9.50 Å². The second-order valence-corrected chi connectivity index (χ2v) is 4.61. The summed E-state index contributed by atoms with van der Waals surface area (Å²) in [5.74, 6) is -0.0793. The smallest absolute Gasteiger partial charge is 0.123 e. The molecule has 1 aromatic rings. The van der Waals surface area contributed by atoms with Crippen LogP contribution in [0.15, 0.2) is 22.7 Å². The maximum absolute atomic E-state index is 12.9. The molecule has 0 heterocycles. The van der Waals surface area contributed by atoms with E-state index in [1.54, 1.807) is 6.07 Å². The highest BCUT2D eigenvalue weighted by Crippen LogP contribution is 2.20. The van der Waals surface area contributed by atoms with E-state index in [2.05, 4.69) is 15.9 Å². The van der Waals surface area contributed by atoms with Gasteiger partial charge in [0.05, 0.1) is 6.10 Å². The molecule has 0 bridgehead atoms. The van der Waals surface area contributed by atoms with Gasteiger partial charge in [0.2, 0.25) is 0 Å². The molecule has 1 N–H and O–H groups in total. The quantitative estimate of drug-likeness (QED) is 0.886. The first kappa shape index (κ1) is 11.7. The lowest BCUT2D eigenvalue weighted by Gasteiger charge is -2.15. The molecule has 1 aromatic carbocycles. The van der Waals surface area contributed by atoms with Gasteiger partial charge in [-0.25, -0.2) is 4.39 Å². The molecule has 1 nitrogen and oxygen atoms in total. The molecule has 0 aliphatic rings. The van der Waals surface area contributed by atoms with Crippen LogP contribution in [0.4, 0.5) is 4.39 Å². The van der Waals surface area contributed by atoms with E-state index in [1.807, 2.05) is 13.8 Å². The Kier molecular flexibility index (Phi) is 4.08. The van der Waals surface area contributed by atoms with Crippen molar-refractivity contribution in [3.8, 4) is 0 Å². The van der Waals surface area contributed by atoms with Gasteiger partial charge in [0.15, 0.2) is 0 Å². The molecule has 14 heavy (non-hydrogen) atoms. The number of rotatable bonds is 3. The fraction of sp³-hybridized carbons (Fsp3) is 0.455. The number of hydrogen-bond donors (Lipinski definition) is 1. The largest absolute Gasteiger partial charge is 0.393 e. The highest BCUT2D eigenvalue weighted by Gasteiger charge is 2.12. The topological polar surface area (TPSA) is 20.2 Å². The van der Waals surface area contributed by atoms with E-state index in [-0.39, 0.29) is 11.7 Å². The molecular formula is C11H14BrFO. The monoisotopic (exact) mass is 260 g/mol. The molecule has 0 fully saturated rings. The zero-order chi connectivity index (χ0) is 10.7. The summed E-state index contributed by atoms with van der Waals surface area (Å²) in [7, 11) is 0. The summed E-state index contributed by atoms with van der Waals surface area (Å²) in [6, 6.07) is 4.52. The molecular weight excluding hydrogens is 247 g/mol. The zero-order valence-corrected chi connectivity index (χ0v) is 9.88. The van der Waals surface area contributed by atoms with Crippen LogP contribution >= 0.6 is 15.9 Å². The van der Waals surface area contributed by atoms with Crippen LogP contribution in [0.1, 0.15) is 19.4 Å². The molecule has 0 spiro atoms. The Hall–Kier alpha value is -0.410. The van der Waals surface area contributed by atoms with Crippen LogP contribution in [0.2, 0.25) is 0 Å². The van der Waals surface area contributed by atoms with E-state index in [4.69, 9.17) is 0 Å². The summed E-state index contributed by atoms with van der Waals surface area (Å²) < 4.78 is 13.7. The Bertz CT molecular complexity index is 312. The van der Waals surface area contributed by atoms with Crippen LogP contribution in [-0.4, -0.2) is 11.2 Å². The van der Waals surface area contributed by atoms with Gasteiger partial charge >= 0.3 is 0 Å². The van der Waals surface area contributed by atoms with Crippen molar-refractivity contribution >= 4 is 15.9 Å². The number of halogens is 2. The molecule has 78 valence electrons. The second kappa shape index (κ2) is 4.89. The Morgan fingerprint density at radius 3 is 2.64 bits per heavy atom. The first-order valence-electron chi connectivity index (χ1n) is 4.62. The summed E-state index contributed by atoms with van der Waals surface area (Å²) in [6.45, 7) is 3.88. The maximum atomic E-state index is 12.9. The summed E-state index contributed by atoms with van der Waals surface area (Å²) in [5, 5.41) is 9.65. The normalized spacial score (nSPS) is 13.3. The zero-order valence-electron chi connectivity index (χ0n) is 8.30. The lowest BCUT2D eigenvalue weighted by Crippen LogP contribution is -2.17. The fourth-order valence-corrected chi connectivity index (χ4v) is 1.57. The van der Waals surface area contributed by atoms with Crippen LogP contribution in [0.5, 0.6) is 0 Å². The van der Waals surface area contributed by atoms with Crippen LogP contribution in [0, 0.1) is 11.7 Å². The van der Waals surface area contributed by atoms with Crippen LogP contribution in [0.25, 0.3) is 0 Å². The third kappa shape index (κ3) is 3.07. The average molecular weight is 261 g/mol. The van der Waals surface area contributed by atoms with Gasteiger partial charge in [-0.15, -0.1) is 0 Å². The molecule has 0 amide bonds. The summed E-state index contributed by atoms with van der Waals surface area (Å²) in [4.78, 5) is 0. The average Bonchev–Trinajstić information content (AvgIpc) is 2.11. The van der Waals surface area contributed by atoms with Crippen LogP contribution in [0.3, 0.4) is 0 Å². The molecule has 0 aromatic heterocycles. The summed E-state index contributed by atoms with van der Waals surface area (Å²) in [5.41, 5.74) is 0.811. The van der Waals surface area contributed by atoms with Gasteiger partial charge in [-0.2, -0.15) is 0 Å². The third-order valence-corrected chi connectivity index (χ3v) is 2.98. The lowest BCUT2D eigenvalue weighted by molar-refractivity contribution is 0.125. The van der Waals surface area contributed by atoms with Gasteiger partial charge in [0.1, 0.15) is 5.82 Å². The molecule has 0 aliphatic heterocycles. The van der Waals surface area contributed by atoms with Crippen LogP contribution < -0.4 is 0 Å². The SMILES string of the molecule is CC(C)C(O)Cc1cc(F)ccc1Br. The van der Waals surface area contributed by atoms with E-state index in [1.165, 1.54) is 12.1 Å². The Morgan fingerprint density at radius 2 is 2.07 bits per heavy atom. The number of hydrogen-bond acceptors (Lipinski definition) is 1. The predicted molar refractivity (Wildman–Crippen MR) is 58.6 cm³/mol. The maximum Gasteiger partial charge on any atom is 0.123 e. The van der Waals surface area contributed by atoms with E-state index < -0.39 is 6.10 Å². The van der Waals surface area contributed by atoms with Crippen molar-refractivity contribution in [2.75, 3.05) is 0 Å². The number of aliphatic hydroxyl groups excluding tert-OH is 1. The highest BCUT2D eigenvalue weighted by atomic mass is 79.9. The molecule has 3 heteroatoms. The van der Waals surface area contributed by atoms with Crippen molar-refractivity contribution in [2.45, 2.75) is 26.4 Å². The molecule has 0 radical (unpaired) electrons. The molecule has 1 atom stereocenters. The second-order valence-electron chi connectivity index (χ2n) is 3.75. The fourth-order valence-electron chi connectivity index (χ4n) is 1.16. The minimum atomic E-state index is -0.423. The van der Waals surface area contributed by atoms with Gasteiger partial charge in [-0.05, 0) is 36.1 Å². The number of benzene rings is 1. The Balaban J connectivity index is 2.80. The van der Waals surface area contributed by atoms with Gasteiger partial charge in [-0.1, -0.05) is 29.8 Å². The van der Waals surface area contributed by atoms with Gasteiger partial charge in [-0.3, -0.25) is 0 Å². The minimum absolute atomic E-state index is 0.185. The van der Waals surface area contributed by atoms with Crippen molar-refractivity contribution in [1.29, 1.82) is 0 Å². The van der Waals surface area contributed by atoms with E-state index in [9.17, 15) is 9.50 Å². The van der Waals surface area contributed by atoms with Gasteiger partial charge in [0, 0.05) is 4.47 Å². The molecule has 0 saturated heterocycles. The highest BCUT2D eigenvalue weighted by molar-refractivity contribution is 9.10. The predicted octanol–water partition coefficient (Wildman–Crippen LogP) is 3.15. The van der Waals surface area contributed by atoms with Crippen molar-refractivity contribution in [1.82, 2.24) is 0 Å².